The van der Waals surface area contributed by atoms with Gasteiger partial charge in [-0.25, -0.2) is 14.1 Å². The predicted octanol–water partition coefficient (Wildman–Crippen LogP) is 3.99. The fourth-order valence-corrected chi connectivity index (χ4v) is 4.35. The lowest BCUT2D eigenvalue weighted by molar-refractivity contribution is -0.114. The van der Waals surface area contributed by atoms with Crippen molar-refractivity contribution in [2.24, 2.45) is 9.39 Å². The summed E-state index contributed by atoms with van der Waals surface area (Å²) in [4.78, 5) is 30.3. The molecule has 0 saturated heterocycles. The number of carbonyl (C=O) groups is 2. The highest BCUT2D eigenvalue weighted by molar-refractivity contribution is 8.18. The third-order valence-electron chi connectivity index (χ3n) is 4.46. The number of nitrogens with zero attached hydrogens (tertiary/aromatic N) is 3. The molecule has 2 heterocycles. The summed E-state index contributed by atoms with van der Waals surface area (Å²) in [6.07, 6.45) is 3.34. The standard InChI is InChI=1S/C21H15FN4O4S2/c1-29-16-10-11(3-8-15(16)30-19(28)12-4-6-13(22)7-5-12)9-14-17(23)26-20(24-18(14)27)32-25-21(26)31-2/h3-10,23H,1-2H3/b14-9-,23-17?. The van der Waals surface area contributed by atoms with Crippen LogP contribution < -0.4 is 9.47 Å². The maximum absolute atomic E-state index is 13.1. The number of thioether (sulfide) groups is 1. The molecule has 2 aliphatic heterocycles. The van der Waals surface area contributed by atoms with E-state index in [2.05, 4.69) is 9.39 Å². The van der Waals surface area contributed by atoms with Gasteiger partial charge in [0.1, 0.15) is 11.7 Å². The minimum absolute atomic E-state index is 0.0242. The number of nitrogens with one attached hydrogen (secondary N) is 1. The van der Waals surface area contributed by atoms with Crippen LogP contribution in [0.3, 0.4) is 0 Å². The Kier molecular flexibility index (Phi) is 6.10. The Morgan fingerprint density at radius 2 is 1.97 bits per heavy atom. The van der Waals surface area contributed by atoms with Gasteiger partial charge < -0.3 is 9.47 Å². The average Bonchev–Trinajstić information content (AvgIpc) is 3.20. The highest BCUT2D eigenvalue weighted by Gasteiger charge is 2.37. The molecule has 2 aromatic rings. The van der Waals surface area contributed by atoms with Gasteiger partial charge in [-0.15, -0.1) is 0 Å². The van der Waals surface area contributed by atoms with Crippen molar-refractivity contribution in [2.45, 2.75) is 0 Å². The van der Waals surface area contributed by atoms with Crippen LogP contribution >= 0.6 is 23.7 Å². The molecule has 0 fully saturated rings. The Morgan fingerprint density at radius 3 is 2.66 bits per heavy atom. The van der Waals surface area contributed by atoms with Gasteiger partial charge in [-0.2, -0.15) is 9.39 Å². The van der Waals surface area contributed by atoms with Crippen molar-refractivity contribution in [1.29, 1.82) is 5.41 Å². The summed E-state index contributed by atoms with van der Waals surface area (Å²) in [5.74, 6) is -1.30. The molecule has 0 unspecified atom stereocenters. The average molecular weight is 471 g/mol. The van der Waals surface area contributed by atoms with Crippen molar-refractivity contribution in [2.75, 3.05) is 13.4 Å². The Morgan fingerprint density at radius 1 is 1.22 bits per heavy atom. The summed E-state index contributed by atoms with van der Waals surface area (Å²) in [6.45, 7) is 0. The van der Waals surface area contributed by atoms with Gasteiger partial charge in [-0.3, -0.25) is 10.2 Å². The summed E-state index contributed by atoms with van der Waals surface area (Å²) in [5, 5.41) is 9.37. The summed E-state index contributed by atoms with van der Waals surface area (Å²) >= 11 is 2.40. The number of hydrogen-bond donors (Lipinski definition) is 1. The molecule has 0 spiro atoms. The number of hydrogen-bond acceptors (Lipinski definition) is 8. The summed E-state index contributed by atoms with van der Waals surface area (Å²) in [6, 6.07) is 9.67. The third-order valence-corrected chi connectivity index (χ3v) is 5.91. The molecule has 162 valence electrons. The second-order valence-electron chi connectivity index (χ2n) is 6.42. The lowest BCUT2D eigenvalue weighted by atomic mass is 10.1. The monoisotopic (exact) mass is 470 g/mol. The highest BCUT2D eigenvalue weighted by Crippen LogP contribution is 2.33. The fourth-order valence-electron chi connectivity index (χ4n) is 2.90. The number of amidine groups is 3. The lowest BCUT2D eigenvalue weighted by Gasteiger charge is -2.23. The summed E-state index contributed by atoms with van der Waals surface area (Å²) < 4.78 is 28.0. The van der Waals surface area contributed by atoms with Gasteiger partial charge in [0, 0.05) is 0 Å². The number of halogens is 1. The third kappa shape index (κ3) is 4.16. The van der Waals surface area contributed by atoms with E-state index in [1.54, 1.807) is 12.1 Å². The van der Waals surface area contributed by atoms with Crippen molar-refractivity contribution in [3.63, 3.8) is 0 Å². The minimum Gasteiger partial charge on any atom is -0.493 e. The van der Waals surface area contributed by atoms with E-state index in [1.807, 2.05) is 6.26 Å². The first-order valence-electron chi connectivity index (χ1n) is 9.10. The van der Waals surface area contributed by atoms with Crippen LogP contribution in [0.4, 0.5) is 4.39 Å². The van der Waals surface area contributed by atoms with E-state index in [1.165, 1.54) is 60.2 Å². The topological polar surface area (TPSA) is 104 Å². The van der Waals surface area contributed by atoms with Crippen molar-refractivity contribution < 1.29 is 23.5 Å². The van der Waals surface area contributed by atoms with Gasteiger partial charge in [-0.05, 0) is 54.3 Å². The number of amides is 1. The summed E-state index contributed by atoms with van der Waals surface area (Å²) in [7, 11) is 1.41. The largest absolute Gasteiger partial charge is 0.493 e. The maximum atomic E-state index is 13.1. The normalized spacial score (nSPS) is 16.6. The van der Waals surface area contributed by atoms with Crippen LogP contribution in [0.5, 0.6) is 11.5 Å². The van der Waals surface area contributed by atoms with E-state index in [4.69, 9.17) is 14.9 Å². The van der Waals surface area contributed by atoms with Gasteiger partial charge in [0.15, 0.2) is 16.7 Å². The zero-order valence-corrected chi connectivity index (χ0v) is 18.4. The molecule has 0 saturated carbocycles. The van der Waals surface area contributed by atoms with Crippen LogP contribution in [0.1, 0.15) is 15.9 Å². The number of rotatable bonds is 4. The van der Waals surface area contributed by atoms with Crippen LogP contribution in [-0.4, -0.2) is 46.3 Å². The van der Waals surface area contributed by atoms with E-state index in [-0.39, 0.29) is 28.5 Å². The highest BCUT2D eigenvalue weighted by atomic mass is 32.2. The Hall–Kier alpha value is -3.44. The predicted molar refractivity (Wildman–Crippen MR) is 123 cm³/mol. The molecule has 0 atom stereocenters. The number of carbonyl (C=O) groups excluding carboxylic acids is 2. The van der Waals surface area contributed by atoms with Crippen LogP contribution in [0.15, 0.2) is 57.4 Å². The molecular weight excluding hydrogens is 455 g/mol. The van der Waals surface area contributed by atoms with Crippen molar-refractivity contribution >= 4 is 57.8 Å². The second-order valence-corrected chi connectivity index (χ2v) is 7.92. The maximum Gasteiger partial charge on any atom is 0.343 e. The first-order chi connectivity index (χ1) is 15.4. The molecule has 2 aliphatic rings. The molecule has 32 heavy (non-hydrogen) atoms. The molecule has 8 nitrogen and oxygen atoms in total. The number of benzene rings is 2. The van der Waals surface area contributed by atoms with Crippen LogP contribution in [0.2, 0.25) is 0 Å². The molecule has 0 aliphatic carbocycles. The zero-order chi connectivity index (χ0) is 22.8. The molecule has 1 amide bonds. The van der Waals surface area contributed by atoms with Gasteiger partial charge >= 0.3 is 5.97 Å². The Labute approximate surface area is 190 Å². The van der Waals surface area contributed by atoms with Crippen LogP contribution in [0.25, 0.3) is 6.08 Å². The van der Waals surface area contributed by atoms with Crippen molar-refractivity contribution in [3.8, 4) is 11.5 Å². The SMILES string of the molecule is COc1cc(/C=C2/C(=N)N3C(SC)=NSC3=NC2=O)ccc1OC(=O)c1ccc(F)cc1. The number of methoxy groups -OCH3 is 1. The van der Waals surface area contributed by atoms with E-state index in [0.717, 1.165) is 11.9 Å². The fraction of sp³-hybridized carbons (Fsp3) is 0.0952. The van der Waals surface area contributed by atoms with E-state index in [9.17, 15) is 14.0 Å². The summed E-state index contributed by atoms with van der Waals surface area (Å²) in [5.41, 5.74) is 0.824. The number of ether oxygens (including phenoxy) is 2. The second kappa shape index (κ2) is 8.97. The van der Waals surface area contributed by atoms with Gasteiger partial charge in [-0.1, -0.05) is 17.8 Å². The number of aliphatic imine (C=N–C) groups is 1. The van der Waals surface area contributed by atoms with Gasteiger partial charge in [0.25, 0.3) is 5.91 Å². The Bertz CT molecular complexity index is 1220. The van der Waals surface area contributed by atoms with Crippen LogP contribution in [-0.2, 0) is 4.79 Å². The number of esters is 1. The molecule has 0 aromatic heterocycles. The van der Waals surface area contributed by atoms with Crippen molar-refractivity contribution in [3.05, 3.63) is 65.0 Å². The van der Waals surface area contributed by atoms with Crippen molar-refractivity contribution in [1.82, 2.24) is 4.90 Å². The van der Waals surface area contributed by atoms with E-state index < -0.39 is 17.7 Å². The smallest absolute Gasteiger partial charge is 0.343 e. The molecular formula is C21H15FN4O4S2. The molecule has 11 heteroatoms. The molecule has 0 bridgehead atoms. The zero-order valence-electron chi connectivity index (χ0n) is 16.8. The lowest BCUT2D eigenvalue weighted by Crippen LogP contribution is -2.41. The van der Waals surface area contributed by atoms with Gasteiger partial charge in [0.2, 0.25) is 5.17 Å². The molecule has 1 N–H and O–H groups in total. The van der Waals surface area contributed by atoms with Crippen LogP contribution in [0, 0.1) is 11.2 Å². The minimum atomic E-state index is -0.670. The first-order valence-corrected chi connectivity index (χ1v) is 11.1. The van der Waals surface area contributed by atoms with E-state index in [0.29, 0.717) is 15.9 Å². The quantitative estimate of drug-likeness (QED) is 0.312. The number of fused-ring (bicyclic) bond motifs is 1. The Balaban J connectivity index is 1.60. The molecule has 2 aromatic carbocycles. The van der Waals surface area contributed by atoms with Gasteiger partial charge in [0.05, 0.1) is 30.2 Å². The first kappa shape index (κ1) is 21.8. The van der Waals surface area contributed by atoms with E-state index >= 15 is 0 Å². The molecule has 0 radical (unpaired) electrons. The molecule has 4 rings (SSSR count).